The number of rotatable bonds is 0. The Labute approximate surface area is 161 Å². The molecule has 4 rings (SSSR count). The maximum atomic E-state index is 5.31. The fourth-order valence-corrected chi connectivity index (χ4v) is 2.79. The average Bonchev–Trinajstić information content (AvgIpc) is 3.08. The molecule has 2 aromatic carbocycles. The van der Waals surface area contributed by atoms with E-state index in [1.165, 1.54) is 11.1 Å². The van der Waals surface area contributed by atoms with Gasteiger partial charge in [-0.3, -0.25) is 9.97 Å². The number of nitrogens with zero attached hydrogens (tertiary/aromatic N) is 2. The molecule has 0 N–H and O–H groups in total. The van der Waals surface area contributed by atoms with Crippen LogP contribution in [0.4, 0.5) is 0 Å². The minimum atomic E-state index is 0.168. The van der Waals surface area contributed by atoms with Gasteiger partial charge in [0.2, 0.25) is 6.79 Å². The molecule has 0 fully saturated rings. The van der Waals surface area contributed by atoms with Gasteiger partial charge in [0.15, 0.2) is 11.5 Å². The molecule has 0 spiro atoms. The van der Waals surface area contributed by atoms with Gasteiger partial charge in [0, 0.05) is 12.4 Å². The second-order valence-corrected chi connectivity index (χ2v) is 8.83. The summed E-state index contributed by atoms with van der Waals surface area (Å²) in [5.41, 5.74) is 4.84. The number of hydrogen-bond donors (Lipinski definition) is 0. The summed E-state index contributed by atoms with van der Waals surface area (Å²) in [5, 5.41) is 0. The lowest BCUT2D eigenvalue weighted by Crippen LogP contribution is -2.10. The molecule has 1 aromatic heterocycles. The average molecular weight is 364 g/mol. The van der Waals surface area contributed by atoms with Crippen molar-refractivity contribution in [1.82, 2.24) is 9.97 Å². The lowest BCUT2D eigenvalue weighted by Gasteiger charge is -2.18. The predicted octanol–water partition coefficient (Wildman–Crippen LogP) is 5.64. The molecule has 0 atom stereocenters. The number of benzene rings is 2. The zero-order valence-corrected chi connectivity index (χ0v) is 17.0. The van der Waals surface area contributed by atoms with Crippen LogP contribution in [0.3, 0.4) is 0 Å². The van der Waals surface area contributed by atoms with Crippen molar-refractivity contribution in [2.24, 2.45) is 0 Å². The van der Waals surface area contributed by atoms with Gasteiger partial charge in [0.25, 0.3) is 0 Å². The van der Waals surface area contributed by atoms with Gasteiger partial charge in [0.1, 0.15) is 0 Å². The number of ether oxygens (including phenoxy) is 2. The van der Waals surface area contributed by atoms with E-state index in [1.807, 2.05) is 12.1 Å². The van der Waals surface area contributed by atoms with Crippen molar-refractivity contribution in [3.8, 4) is 11.5 Å². The number of hydrogen-bond acceptors (Lipinski definition) is 4. The van der Waals surface area contributed by atoms with E-state index in [0.29, 0.717) is 6.79 Å². The molecule has 0 amide bonds. The monoisotopic (exact) mass is 364 g/mol. The molecule has 2 heterocycles. The molecule has 4 nitrogen and oxygen atoms in total. The van der Waals surface area contributed by atoms with E-state index in [-0.39, 0.29) is 10.8 Å². The number of aromatic nitrogens is 2. The molecule has 0 saturated heterocycles. The van der Waals surface area contributed by atoms with E-state index < -0.39 is 0 Å². The van der Waals surface area contributed by atoms with Crippen LogP contribution in [0.25, 0.3) is 11.0 Å². The maximum Gasteiger partial charge on any atom is 0.231 e. The van der Waals surface area contributed by atoms with Gasteiger partial charge in [-0.2, -0.15) is 0 Å². The van der Waals surface area contributed by atoms with Crippen LogP contribution in [-0.2, 0) is 10.8 Å². The second-order valence-electron chi connectivity index (χ2n) is 8.83. The highest BCUT2D eigenvalue weighted by Gasteiger charge is 2.19. The van der Waals surface area contributed by atoms with E-state index in [0.717, 1.165) is 22.5 Å². The van der Waals surface area contributed by atoms with Crippen molar-refractivity contribution in [3.05, 3.63) is 59.9 Å². The van der Waals surface area contributed by atoms with Crippen LogP contribution in [0.5, 0.6) is 11.5 Å². The zero-order chi connectivity index (χ0) is 19.7. The fourth-order valence-electron chi connectivity index (χ4n) is 2.79. The third kappa shape index (κ3) is 4.57. The lowest BCUT2D eigenvalue weighted by molar-refractivity contribution is 0.174. The summed E-state index contributed by atoms with van der Waals surface area (Å²) in [4.78, 5) is 8.53. The SMILES string of the molecule is CC(C)(C)c1ccc2c(c1)OCO2.CC(C)(C)c1ccc2nccnc2c1. The highest BCUT2D eigenvalue weighted by Crippen LogP contribution is 2.36. The van der Waals surface area contributed by atoms with Crippen molar-refractivity contribution < 1.29 is 9.47 Å². The topological polar surface area (TPSA) is 44.2 Å². The minimum absolute atomic E-state index is 0.168. The van der Waals surface area contributed by atoms with Crippen molar-refractivity contribution in [3.63, 3.8) is 0 Å². The Bertz CT molecular complexity index is 937. The van der Waals surface area contributed by atoms with Gasteiger partial charge >= 0.3 is 0 Å². The summed E-state index contributed by atoms with van der Waals surface area (Å²) in [6.45, 7) is 13.5. The molecule has 0 bridgehead atoms. The summed E-state index contributed by atoms with van der Waals surface area (Å²) in [7, 11) is 0. The smallest absolute Gasteiger partial charge is 0.231 e. The molecule has 0 radical (unpaired) electrons. The summed E-state index contributed by atoms with van der Waals surface area (Å²) in [6, 6.07) is 12.4. The molecule has 0 aliphatic carbocycles. The highest BCUT2D eigenvalue weighted by atomic mass is 16.7. The van der Waals surface area contributed by atoms with Crippen LogP contribution < -0.4 is 9.47 Å². The first-order valence-electron chi connectivity index (χ1n) is 9.26. The van der Waals surface area contributed by atoms with Gasteiger partial charge in [-0.15, -0.1) is 0 Å². The Balaban J connectivity index is 0.000000156. The molecule has 0 saturated carbocycles. The van der Waals surface area contributed by atoms with Crippen molar-refractivity contribution in [1.29, 1.82) is 0 Å². The largest absolute Gasteiger partial charge is 0.454 e. The molecular formula is C23H28N2O2. The molecule has 27 heavy (non-hydrogen) atoms. The van der Waals surface area contributed by atoms with E-state index >= 15 is 0 Å². The van der Waals surface area contributed by atoms with E-state index in [4.69, 9.17) is 9.47 Å². The van der Waals surface area contributed by atoms with Crippen LogP contribution >= 0.6 is 0 Å². The Kier molecular flexibility index (Phi) is 5.09. The summed E-state index contributed by atoms with van der Waals surface area (Å²) in [6.07, 6.45) is 3.45. The summed E-state index contributed by atoms with van der Waals surface area (Å²) in [5.74, 6) is 1.72. The molecule has 1 aliphatic rings. The Morgan fingerprint density at radius 2 is 1.22 bits per heavy atom. The molecule has 142 valence electrons. The van der Waals surface area contributed by atoms with Gasteiger partial charge < -0.3 is 9.47 Å². The highest BCUT2D eigenvalue weighted by molar-refractivity contribution is 5.74. The molecule has 0 unspecified atom stereocenters. The van der Waals surface area contributed by atoms with Gasteiger partial charge in [-0.05, 0) is 46.2 Å². The Hall–Kier alpha value is -2.62. The van der Waals surface area contributed by atoms with Crippen molar-refractivity contribution in [2.75, 3.05) is 6.79 Å². The third-order valence-electron chi connectivity index (χ3n) is 4.57. The number of fused-ring (bicyclic) bond motifs is 2. The normalized spacial score (nSPS) is 13.3. The molecule has 4 heteroatoms. The minimum Gasteiger partial charge on any atom is -0.454 e. The summed E-state index contributed by atoms with van der Waals surface area (Å²) < 4.78 is 10.6. The first-order valence-corrected chi connectivity index (χ1v) is 9.26. The zero-order valence-electron chi connectivity index (χ0n) is 17.0. The third-order valence-corrected chi connectivity index (χ3v) is 4.57. The van der Waals surface area contributed by atoms with Crippen LogP contribution in [0, 0.1) is 0 Å². The molecule has 1 aliphatic heterocycles. The van der Waals surface area contributed by atoms with Gasteiger partial charge in [-0.25, -0.2) is 0 Å². The predicted molar refractivity (Wildman–Crippen MR) is 110 cm³/mol. The van der Waals surface area contributed by atoms with Gasteiger partial charge in [-0.1, -0.05) is 53.7 Å². The van der Waals surface area contributed by atoms with E-state index in [9.17, 15) is 0 Å². The van der Waals surface area contributed by atoms with Crippen molar-refractivity contribution in [2.45, 2.75) is 52.4 Å². The van der Waals surface area contributed by atoms with E-state index in [1.54, 1.807) is 12.4 Å². The summed E-state index contributed by atoms with van der Waals surface area (Å²) >= 11 is 0. The lowest BCUT2D eigenvalue weighted by atomic mass is 9.87. The van der Waals surface area contributed by atoms with Gasteiger partial charge in [0.05, 0.1) is 11.0 Å². The fraction of sp³-hybridized carbons (Fsp3) is 0.391. The van der Waals surface area contributed by atoms with Crippen LogP contribution in [0.2, 0.25) is 0 Å². The molecular weight excluding hydrogens is 336 g/mol. The standard InChI is InChI=1S/C12H14N2.C11H14O2/c1-12(2,3)9-4-5-10-11(8-9)14-7-6-13-10;1-11(2,3)8-4-5-9-10(6-8)13-7-12-9/h4-8H,1-3H3;4-6H,7H2,1-3H3. The second kappa shape index (κ2) is 7.18. The molecule has 3 aromatic rings. The van der Waals surface area contributed by atoms with Crippen LogP contribution in [0.1, 0.15) is 52.7 Å². The first kappa shape index (κ1) is 19.2. The van der Waals surface area contributed by atoms with Crippen molar-refractivity contribution >= 4 is 11.0 Å². The van der Waals surface area contributed by atoms with Crippen LogP contribution in [-0.4, -0.2) is 16.8 Å². The Morgan fingerprint density at radius 3 is 1.89 bits per heavy atom. The maximum absolute atomic E-state index is 5.31. The van der Waals surface area contributed by atoms with Crippen LogP contribution in [0.15, 0.2) is 48.8 Å². The Morgan fingerprint density at radius 1 is 0.667 bits per heavy atom. The first-order chi connectivity index (χ1) is 12.6. The van der Waals surface area contributed by atoms with E-state index in [2.05, 4.69) is 75.8 Å². The quantitative estimate of drug-likeness (QED) is 0.518.